The SMILES string of the molecule is CCCCN(C)C(=O)C(C)(C(=O)O)C1CCCCC1. The topological polar surface area (TPSA) is 57.6 Å². The molecule has 0 spiro atoms. The molecule has 1 fully saturated rings. The number of carbonyl (C=O) groups is 2. The molecule has 1 saturated carbocycles. The lowest BCUT2D eigenvalue weighted by Crippen LogP contribution is -2.50. The number of carbonyl (C=O) groups excluding carboxylic acids is 1. The Kier molecular flexibility index (Phi) is 5.83. The van der Waals surface area contributed by atoms with Gasteiger partial charge in [-0.25, -0.2) is 0 Å². The van der Waals surface area contributed by atoms with Gasteiger partial charge in [0.05, 0.1) is 0 Å². The molecular formula is C15H27NO3. The summed E-state index contributed by atoms with van der Waals surface area (Å²) in [6.07, 6.45) is 6.88. The number of unbranched alkanes of at least 4 members (excludes halogenated alkanes) is 1. The minimum absolute atomic E-state index is 0.0182. The molecule has 0 aromatic carbocycles. The summed E-state index contributed by atoms with van der Waals surface area (Å²) in [5, 5.41) is 9.58. The third kappa shape index (κ3) is 3.48. The van der Waals surface area contributed by atoms with Crippen LogP contribution in [0.1, 0.15) is 58.8 Å². The van der Waals surface area contributed by atoms with E-state index in [1.165, 1.54) is 0 Å². The minimum Gasteiger partial charge on any atom is -0.480 e. The van der Waals surface area contributed by atoms with E-state index in [1.54, 1.807) is 18.9 Å². The minimum atomic E-state index is -1.25. The van der Waals surface area contributed by atoms with Gasteiger partial charge in [-0.1, -0.05) is 32.6 Å². The van der Waals surface area contributed by atoms with Crippen LogP contribution < -0.4 is 0 Å². The Hall–Kier alpha value is -1.06. The lowest BCUT2D eigenvalue weighted by molar-refractivity contribution is -0.164. The van der Waals surface area contributed by atoms with Gasteiger partial charge in [0.2, 0.25) is 5.91 Å². The van der Waals surface area contributed by atoms with Crippen LogP contribution in [0, 0.1) is 11.3 Å². The van der Waals surface area contributed by atoms with Crippen LogP contribution >= 0.6 is 0 Å². The summed E-state index contributed by atoms with van der Waals surface area (Å²) in [4.78, 5) is 25.9. The maximum Gasteiger partial charge on any atom is 0.319 e. The largest absolute Gasteiger partial charge is 0.480 e. The number of amides is 1. The number of rotatable bonds is 6. The lowest BCUT2D eigenvalue weighted by atomic mass is 9.69. The molecule has 110 valence electrons. The van der Waals surface area contributed by atoms with Gasteiger partial charge in [-0.3, -0.25) is 9.59 Å². The van der Waals surface area contributed by atoms with E-state index in [0.29, 0.717) is 6.54 Å². The number of carboxylic acid groups (broad SMARTS) is 1. The summed E-state index contributed by atoms with van der Waals surface area (Å²) >= 11 is 0. The summed E-state index contributed by atoms with van der Waals surface area (Å²) < 4.78 is 0. The quantitative estimate of drug-likeness (QED) is 0.754. The number of carboxylic acids is 1. The first-order valence-electron chi connectivity index (χ1n) is 7.43. The number of nitrogens with zero attached hydrogens (tertiary/aromatic N) is 1. The molecule has 0 bridgehead atoms. The van der Waals surface area contributed by atoms with E-state index in [9.17, 15) is 14.7 Å². The Bertz CT molecular complexity index is 323. The van der Waals surface area contributed by atoms with Gasteiger partial charge in [0.1, 0.15) is 5.41 Å². The van der Waals surface area contributed by atoms with Gasteiger partial charge in [-0.2, -0.15) is 0 Å². The maximum atomic E-state index is 12.6. The molecule has 1 amide bonds. The van der Waals surface area contributed by atoms with Gasteiger partial charge in [0.25, 0.3) is 0 Å². The van der Waals surface area contributed by atoms with Crippen molar-refractivity contribution in [3.63, 3.8) is 0 Å². The van der Waals surface area contributed by atoms with Crippen molar-refractivity contribution in [2.45, 2.75) is 58.8 Å². The molecule has 1 atom stereocenters. The van der Waals surface area contributed by atoms with Gasteiger partial charge in [0, 0.05) is 13.6 Å². The second kappa shape index (κ2) is 6.92. The fourth-order valence-electron chi connectivity index (χ4n) is 3.01. The molecular weight excluding hydrogens is 242 g/mol. The summed E-state index contributed by atoms with van der Waals surface area (Å²) in [6.45, 7) is 4.33. The number of aliphatic carboxylic acids is 1. The van der Waals surface area contributed by atoms with Crippen LogP contribution in [0.25, 0.3) is 0 Å². The highest BCUT2D eigenvalue weighted by Crippen LogP contribution is 2.40. The Labute approximate surface area is 116 Å². The Morgan fingerprint density at radius 1 is 1.26 bits per heavy atom. The maximum absolute atomic E-state index is 12.6. The first-order valence-corrected chi connectivity index (χ1v) is 7.43. The monoisotopic (exact) mass is 269 g/mol. The van der Waals surface area contributed by atoms with Crippen LogP contribution in [0.4, 0.5) is 0 Å². The van der Waals surface area contributed by atoms with Gasteiger partial charge < -0.3 is 10.0 Å². The second-order valence-corrected chi connectivity index (χ2v) is 5.92. The second-order valence-electron chi connectivity index (χ2n) is 5.92. The predicted molar refractivity (Wildman–Crippen MR) is 74.9 cm³/mol. The fourth-order valence-corrected chi connectivity index (χ4v) is 3.01. The highest BCUT2D eigenvalue weighted by atomic mass is 16.4. The van der Waals surface area contributed by atoms with Crippen molar-refractivity contribution in [2.24, 2.45) is 11.3 Å². The number of hydrogen-bond donors (Lipinski definition) is 1. The Balaban J connectivity index is 2.85. The molecule has 0 aliphatic heterocycles. The zero-order valence-electron chi connectivity index (χ0n) is 12.4. The number of hydrogen-bond acceptors (Lipinski definition) is 2. The molecule has 19 heavy (non-hydrogen) atoms. The van der Waals surface area contributed by atoms with Gasteiger partial charge in [-0.05, 0) is 32.1 Å². The van der Waals surface area contributed by atoms with E-state index in [1.807, 2.05) is 0 Å². The van der Waals surface area contributed by atoms with Crippen molar-refractivity contribution in [2.75, 3.05) is 13.6 Å². The predicted octanol–water partition coefficient (Wildman–Crippen LogP) is 2.92. The summed E-state index contributed by atoms with van der Waals surface area (Å²) in [5.74, 6) is -1.21. The van der Waals surface area contributed by atoms with Crippen molar-refractivity contribution in [3.8, 4) is 0 Å². The summed E-state index contributed by atoms with van der Waals surface area (Å²) in [6, 6.07) is 0. The van der Waals surface area contributed by atoms with E-state index in [4.69, 9.17) is 0 Å². The Morgan fingerprint density at radius 2 is 1.84 bits per heavy atom. The zero-order chi connectivity index (χ0) is 14.5. The van der Waals surface area contributed by atoms with E-state index in [2.05, 4.69) is 6.92 Å². The van der Waals surface area contributed by atoms with E-state index in [-0.39, 0.29) is 11.8 Å². The molecule has 1 rings (SSSR count). The van der Waals surface area contributed by atoms with Crippen LogP contribution in [0.15, 0.2) is 0 Å². The average molecular weight is 269 g/mol. The third-order valence-corrected chi connectivity index (χ3v) is 4.50. The van der Waals surface area contributed by atoms with Gasteiger partial charge in [-0.15, -0.1) is 0 Å². The molecule has 4 nitrogen and oxygen atoms in total. The molecule has 1 aliphatic carbocycles. The molecule has 1 aliphatic rings. The highest BCUT2D eigenvalue weighted by molar-refractivity contribution is 6.01. The van der Waals surface area contributed by atoms with Crippen molar-refractivity contribution < 1.29 is 14.7 Å². The van der Waals surface area contributed by atoms with E-state index >= 15 is 0 Å². The lowest BCUT2D eigenvalue weighted by Gasteiger charge is -2.37. The molecule has 0 aromatic rings. The molecule has 1 N–H and O–H groups in total. The molecule has 1 unspecified atom stereocenters. The Morgan fingerprint density at radius 3 is 2.32 bits per heavy atom. The highest BCUT2D eigenvalue weighted by Gasteiger charge is 2.49. The zero-order valence-corrected chi connectivity index (χ0v) is 12.4. The van der Waals surface area contributed by atoms with Crippen molar-refractivity contribution >= 4 is 11.9 Å². The standard InChI is InChI=1S/C15H27NO3/c1-4-5-11-16(3)13(17)15(2,14(18)19)12-9-7-6-8-10-12/h12H,4-11H2,1-3H3,(H,18,19). The van der Waals surface area contributed by atoms with Crippen LogP contribution in [-0.2, 0) is 9.59 Å². The van der Waals surface area contributed by atoms with Crippen LogP contribution in [0.5, 0.6) is 0 Å². The van der Waals surface area contributed by atoms with Crippen LogP contribution in [0.2, 0.25) is 0 Å². The average Bonchev–Trinajstić information content (AvgIpc) is 2.43. The van der Waals surface area contributed by atoms with Crippen molar-refractivity contribution in [1.82, 2.24) is 4.90 Å². The molecule has 0 radical (unpaired) electrons. The summed E-state index contributed by atoms with van der Waals surface area (Å²) in [5.41, 5.74) is -1.25. The third-order valence-electron chi connectivity index (χ3n) is 4.50. The van der Waals surface area contributed by atoms with Gasteiger partial charge in [0.15, 0.2) is 0 Å². The van der Waals surface area contributed by atoms with E-state index < -0.39 is 11.4 Å². The van der Waals surface area contributed by atoms with Crippen molar-refractivity contribution in [1.29, 1.82) is 0 Å². The first-order chi connectivity index (χ1) is 8.94. The molecule has 4 heteroatoms. The van der Waals surface area contributed by atoms with Crippen molar-refractivity contribution in [3.05, 3.63) is 0 Å². The van der Waals surface area contributed by atoms with Crippen LogP contribution in [0.3, 0.4) is 0 Å². The van der Waals surface area contributed by atoms with Crippen LogP contribution in [-0.4, -0.2) is 35.5 Å². The van der Waals surface area contributed by atoms with E-state index in [0.717, 1.165) is 44.9 Å². The first kappa shape index (κ1) is 16.0. The molecule has 0 aromatic heterocycles. The molecule has 0 heterocycles. The fraction of sp³-hybridized carbons (Fsp3) is 0.867. The van der Waals surface area contributed by atoms with Gasteiger partial charge >= 0.3 is 5.97 Å². The molecule has 0 saturated heterocycles. The summed E-state index contributed by atoms with van der Waals surface area (Å²) in [7, 11) is 1.72. The normalized spacial score (nSPS) is 19.7. The smallest absolute Gasteiger partial charge is 0.319 e.